The van der Waals surface area contributed by atoms with Crippen molar-refractivity contribution in [3.05, 3.63) is 39.2 Å². The Morgan fingerprint density at radius 2 is 2.38 bits per heavy atom. The van der Waals surface area contributed by atoms with Gasteiger partial charge in [-0.2, -0.15) is 0 Å². The molecule has 0 aliphatic heterocycles. The first-order valence-electron chi connectivity index (χ1n) is 3.83. The summed E-state index contributed by atoms with van der Waals surface area (Å²) >= 11 is 5.63. The molecular formula is C8H9ClN2O2. The fraction of sp³-hybridized carbons (Fsp3) is 0.375. The summed E-state index contributed by atoms with van der Waals surface area (Å²) in [6.45, 7) is 1.66. The van der Waals surface area contributed by atoms with Crippen molar-refractivity contribution in [3.8, 4) is 0 Å². The van der Waals surface area contributed by atoms with Crippen LogP contribution in [0.25, 0.3) is 0 Å². The van der Waals surface area contributed by atoms with Crippen LogP contribution in [0.4, 0.5) is 0 Å². The van der Waals surface area contributed by atoms with Gasteiger partial charge in [0.05, 0.1) is 10.9 Å². The highest BCUT2D eigenvalue weighted by Gasteiger charge is 2.12. The third kappa shape index (κ3) is 2.99. The average molecular weight is 201 g/mol. The second-order valence-electron chi connectivity index (χ2n) is 2.82. The van der Waals surface area contributed by atoms with Gasteiger partial charge in [-0.25, -0.2) is 0 Å². The summed E-state index contributed by atoms with van der Waals surface area (Å²) in [4.78, 5) is 13.9. The molecule has 0 N–H and O–H groups in total. The van der Waals surface area contributed by atoms with Crippen LogP contribution in [0.3, 0.4) is 0 Å². The molecule has 1 atom stereocenters. The first-order chi connectivity index (χ1) is 6.09. The van der Waals surface area contributed by atoms with Gasteiger partial charge >= 0.3 is 0 Å². The predicted molar refractivity (Wildman–Crippen MR) is 49.5 cm³/mol. The molecule has 1 heterocycles. The van der Waals surface area contributed by atoms with Crippen LogP contribution in [0, 0.1) is 10.1 Å². The van der Waals surface area contributed by atoms with Crippen molar-refractivity contribution in [2.75, 3.05) is 6.54 Å². The molecule has 0 radical (unpaired) electrons. The third-order valence-corrected chi connectivity index (χ3v) is 1.90. The normalized spacial score (nSPS) is 12.5. The van der Waals surface area contributed by atoms with E-state index in [1.807, 2.05) is 0 Å². The van der Waals surface area contributed by atoms with E-state index in [-0.39, 0.29) is 17.4 Å². The van der Waals surface area contributed by atoms with E-state index in [0.29, 0.717) is 10.7 Å². The lowest BCUT2D eigenvalue weighted by molar-refractivity contribution is -0.482. The van der Waals surface area contributed by atoms with Crippen LogP contribution in [-0.2, 0) is 0 Å². The molecule has 0 spiro atoms. The molecule has 70 valence electrons. The Kier molecular flexibility index (Phi) is 3.19. The molecule has 0 amide bonds. The highest BCUT2D eigenvalue weighted by atomic mass is 35.5. The maximum atomic E-state index is 10.2. The standard InChI is InChI=1S/C8H9ClN2O2/c1-6(5-11(12)13)8-3-2-7(9)4-10-8/h2-4,6H,5H2,1H3. The molecule has 1 unspecified atom stereocenters. The third-order valence-electron chi connectivity index (χ3n) is 1.68. The van der Waals surface area contributed by atoms with Crippen molar-refractivity contribution < 1.29 is 4.92 Å². The molecule has 0 saturated carbocycles. The van der Waals surface area contributed by atoms with Gasteiger partial charge in [-0.1, -0.05) is 18.5 Å². The Hall–Kier alpha value is -1.16. The monoisotopic (exact) mass is 200 g/mol. The Morgan fingerprint density at radius 1 is 1.69 bits per heavy atom. The van der Waals surface area contributed by atoms with Crippen molar-refractivity contribution in [2.24, 2.45) is 0 Å². The Bertz CT molecular complexity index is 300. The molecule has 4 nitrogen and oxygen atoms in total. The summed E-state index contributed by atoms with van der Waals surface area (Å²) in [5.41, 5.74) is 0.695. The van der Waals surface area contributed by atoms with Gasteiger partial charge in [0, 0.05) is 16.8 Å². The second kappa shape index (κ2) is 4.18. The molecule has 0 aliphatic carbocycles. The quantitative estimate of drug-likeness (QED) is 0.555. The minimum Gasteiger partial charge on any atom is -0.265 e. The van der Waals surface area contributed by atoms with Gasteiger partial charge < -0.3 is 0 Å². The molecule has 0 bridgehead atoms. The Morgan fingerprint density at radius 3 is 2.85 bits per heavy atom. The molecule has 0 aliphatic rings. The topological polar surface area (TPSA) is 56.0 Å². The fourth-order valence-corrected chi connectivity index (χ4v) is 1.11. The molecular weight excluding hydrogens is 192 g/mol. The lowest BCUT2D eigenvalue weighted by atomic mass is 10.1. The van der Waals surface area contributed by atoms with E-state index in [1.165, 1.54) is 6.20 Å². The molecule has 0 fully saturated rings. The summed E-state index contributed by atoms with van der Waals surface area (Å²) < 4.78 is 0. The summed E-state index contributed by atoms with van der Waals surface area (Å²) in [5, 5.41) is 10.7. The number of nitrogens with zero attached hydrogens (tertiary/aromatic N) is 2. The number of rotatable bonds is 3. The fourth-order valence-electron chi connectivity index (χ4n) is 0.996. The van der Waals surface area contributed by atoms with E-state index in [4.69, 9.17) is 11.6 Å². The first kappa shape index (κ1) is 9.92. The molecule has 1 aromatic rings. The van der Waals surface area contributed by atoms with Gasteiger partial charge in [-0.3, -0.25) is 15.1 Å². The van der Waals surface area contributed by atoms with Crippen LogP contribution >= 0.6 is 11.6 Å². The van der Waals surface area contributed by atoms with Crippen molar-refractivity contribution >= 4 is 11.6 Å². The smallest absolute Gasteiger partial charge is 0.211 e. The van der Waals surface area contributed by atoms with Crippen LogP contribution in [0.2, 0.25) is 5.02 Å². The lowest BCUT2D eigenvalue weighted by Gasteiger charge is -2.04. The summed E-state index contributed by atoms with van der Waals surface area (Å²) in [5.74, 6) is -0.174. The highest BCUT2D eigenvalue weighted by Crippen LogP contribution is 2.14. The number of nitro groups is 1. The Labute approximate surface area is 80.7 Å². The molecule has 1 aromatic heterocycles. The number of halogens is 1. The minimum absolute atomic E-state index is 0.103. The van der Waals surface area contributed by atoms with Gasteiger partial charge in [0.1, 0.15) is 0 Å². The summed E-state index contributed by atoms with van der Waals surface area (Å²) in [6, 6.07) is 3.39. The van der Waals surface area contributed by atoms with Crippen molar-refractivity contribution in [1.29, 1.82) is 0 Å². The van der Waals surface area contributed by atoms with E-state index in [0.717, 1.165) is 0 Å². The van der Waals surface area contributed by atoms with E-state index < -0.39 is 0 Å². The maximum absolute atomic E-state index is 10.2. The molecule has 5 heteroatoms. The average Bonchev–Trinajstić information content (AvgIpc) is 2.04. The van der Waals surface area contributed by atoms with Crippen molar-refractivity contribution in [2.45, 2.75) is 12.8 Å². The van der Waals surface area contributed by atoms with Crippen LogP contribution in [-0.4, -0.2) is 16.5 Å². The number of hydrogen-bond donors (Lipinski definition) is 0. The largest absolute Gasteiger partial charge is 0.265 e. The minimum atomic E-state index is -0.346. The van der Waals surface area contributed by atoms with Gasteiger partial charge in [0.2, 0.25) is 6.54 Å². The zero-order valence-corrected chi connectivity index (χ0v) is 7.86. The van der Waals surface area contributed by atoms with Crippen molar-refractivity contribution in [3.63, 3.8) is 0 Å². The zero-order chi connectivity index (χ0) is 9.84. The van der Waals surface area contributed by atoms with Crippen molar-refractivity contribution in [1.82, 2.24) is 4.98 Å². The zero-order valence-electron chi connectivity index (χ0n) is 7.11. The van der Waals surface area contributed by atoms with Crippen LogP contribution in [0.15, 0.2) is 18.3 Å². The van der Waals surface area contributed by atoms with E-state index >= 15 is 0 Å². The second-order valence-corrected chi connectivity index (χ2v) is 3.25. The van der Waals surface area contributed by atoms with Crippen LogP contribution in [0.5, 0.6) is 0 Å². The number of pyridine rings is 1. The van der Waals surface area contributed by atoms with Crippen LogP contribution in [0.1, 0.15) is 18.5 Å². The number of hydrogen-bond acceptors (Lipinski definition) is 3. The predicted octanol–water partition coefficient (Wildman–Crippen LogP) is 2.12. The maximum Gasteiger partial charge on any atom is 0.211 e. The van der Waals surface area contributed by atoms with Gasteiger partial charge in [0.15, 0.2) is 0 Å². The lowest BCUT2D eigenvalue weighted by Crippen LogP contribution is -2.10. The highest BCUT2D eigenvalue weighted by molar-refractivity contribution is 6.30. The summed E-state index contributed by atoms with van der Waals surface area (Å²) in [7, 11) is 0. The van der Waals surface area contributed by atoms with Gasteiger partial charge in [-0.15, -0.1) is 0 Å². The SMILES string of the molecule is CC(C[N+](=O)[O-])c1ccc(Cl)cn1. The van der Waals surface area contributed by atoms with Gasteiger partial charge in [-0.05, 0) is 12.1 Å². The van der Waals surface area contributed by atoms with E-state index in [9.17, 15) is 10.1 Å². The molecule has 0 aromatic carbocycles. The first-order valence-corrected chi connectivity index (χ1v) is 4.20. The molecule has 0 saturated heterocycles. The van der Waals surface area contributed by atoms with E-state index in [2.05, 4.69) is 4.98 Å². The number of aromatic nitrogens is 1. The molecule has 13 heavy (non-hydrogen) atoms. The van der Waals surface area contributed by atoms with Crippen LogP contribution < -0.4 is 0 Å². The summed E-state index contributed by atoms with van der Waals surface area (Å²) in [6.07, 6.45) is 1.49. The van der Waals surface area contributed by atoms with Gasteiger partial charge in [0.25, 0.3) is 0 Å². The van der Waals surface area contributed by atoms with E-state index in [1.54, 1.807) is 19.1 Å². The molecule has 1 rings (SSSR count). The Balaban J connectivity index is 2.71.